The maximum atomic E-state index is 5.20. The van der Waals surface area contributed by atoms with Crippen molar-refractivity contribution in [1.82, 2.24) is 4.90 Å². The number of benzene rings is 1. The first-order valence-electron chi connectivity index (χ1n) is 13.9. The summed E-state index contributed by atoms with van der Waals surface area (Å²) in [6.07, 6.45) is 20.0. The molecule has 1 nitrogen and oxygen atoms in total. The molecular formula is C29H53NS3. The Hall–Kier alpha value is 0.230. The van der Waals surface area contributed by atoms with Gasteiger partial charge in [0.25, 0.3) is 0 Å². The molecule has 0 amide bonds. The van der Waals surface area contributed by atoms with Crippen LogP contribution in [0.3, 0.4) is 0 Å². The summed E-state index contributed by atoms with van der Waals surface area (Å²) in [6.45, 7) is 10.1. The Bertz CT molecular complexity index is 535. The monoisotopic (exact) mass is 511 g/mol. The third-order valence-electron chi connectivity index (χ3n) is 6.45. The van der Waals surface area contributed by atoms with Gasteiger partial charge in [-0.2, -0.15) is 0 Å². The van der Waals surface area contributed by atoms with E-state index in [-0.39, 0.29) is 3.41 Å². The summed E-state index contributed by atoms with van der Waals surface area (Å²) in [5.41, 5.74) is 1.40. The van der Waals surface area contributed by atoms with Crippen LogP contribution in [-0.4, -0.2) is 33.7 Å². The summed E-state index contributed by atoms with van der Waals surface area (Å²) >= 11 is 9.28. The second-order valence-electron chi connectivity index (χ2n) is 9.39. The molecular weight excluding hydrogens is 459 g/mol. The van der Waals surface area contributed by atoms with Gasteiger partial charge in [-0.1, -0.05) is 135 Å². The average molecular weight is 512 g/mol. The Morgan fingerprint density at radius 3 is 1.64 bits per heavy atom. The van der Waals surface area contributed by atoms with E-state index in [0.717, 1.165) is 25.4 Å². The first-order chi connectivity index (χ1) is 16.1. The van der Waals surface area contributed by atoms with Crippen molar-refractivity contribution >= 4 is 36.2 Å². The molecule has 1 rings (SSSR count). The van der Waals surface area contributed by atoms with Gasteiger partial charge in [-0.3, -0.25) is 0 Å². The lowest BCUT2D eigenvalue weighted by Crippen LogP contribution is -2.35. The van der Waals surface area contributed by atoms with Gasteiger partial charge in [-0.25, -0.2) is 0 Å². The Balaban J connectivity index is 2.13. The highest BCUT2D eigenvalue weighted by Gasteiger charge is 2.28. The van der Waals surface area contributed by atoms with Gasteiger partial charge in [0.2, 0.25) is 0 Å². The third kappa shape index (κ3) is 17.3. The lowest BCUT2D eigenvalue weighted by Gasteiger charge is -2.33. The van der Waals surface area contributed by atoms with Crippen LogP contribution in [0.15, 0.2) is 30.3 Å². The summed E-state index contributed by atoms with van der Waals surface area (Å²) in [6, 6.07) is 10.8. The largest absolute Gasteiger partial charge is 0.301 e. The standard InChI is InChI=1S/C29H53NS3/c1-4-7-8-9-10-11-12-13-14-15-16-17-18-22-25-32-29(31,27-30(5-2)6-3)33-26-28-23-20-19-21-24-28/h19-21,23-24,31H,4-18,22,25-27H2,1-3H3. The van der Waals surface area contributed by atoms with Crippen LogP contribution in [0.5, 0.6) is 0 Å². The number of thiol groups is 1. The average Bonchev–Trinajstić information content (AvgIpc) is 2.84. The Morgan fingerprint density at radius 2 is 1.15 bits per heavy atom. The number of unbranched alkanes of at least 4 members (excludes halogenated alkanes) is 13. The molecule has 0 heterocycles. The lowest BCUT2D eigenvalue weighted by atomic mass is 10.0. The number of hydrogen-bond donors (Lipinski definition) is 1. The predicted octanol–water partition coefficient (Wildman–Crippen LogP) is 10.1. The Labute approximate surface area is 221 Å². The molecule has 0 fully saturated rings. The Kier molecular flexibility index (Phi) is 20.4. The highest BCUT2D eigenvalue weighted by molar-refractivity contribution is 8.29. The van der Waals surface area contributed by atoms with Crippen molar-refractivity contribution in [2.75, 3.05) is 25.4 Å². The summed E-state index contributed by atoms with van der Waals surface area (Å²) < 4.78 is -0.0294. The van der Waals surface area contributed by atoms with Crippen LogP contribution in [0, 0.1) is 0 Å². The fourth-order valence-corrected chi connectivity index (χ4v) is 7.39. The zero-order chi connectivity index (χ0) is 24.0. The molecule has 1 atom stereocenters. The molecule has 0 aromatic heterocycles. The number of thioether (sulfide) groups is 2. The predicted molar refractivity (Wildman–Crippen MR) is 160 cm³/mol. The van der Waals surface area contributed by atoms with Crippen molar-refractivity contribution in [3.63, 3.8) is 0 Å². The number of hydrogen-bond acceptors (Lipinski definition) is 4. The molecule has 1 aromatic carbocycles. The maximum Gasteiger partial charge on any atom is 0.117 e. The quantitative estimate of drug-likeness (QED) is 0.0884. The molecule has 0 saturated heterocycles. The molecule has 192 valence electrons. The van der Waals surface area contributed by atoms with E-state index < -0.39 is 0 Å². The minimum Gasteiger partial charge on any atom is -0.301 e. The first kappa shape index (κ1) is 31.3. The number of nitrogens with zero attached hydrogens (tertiary/aromatic N) is 1. The van der Waals surface area contributed by atoms with E-state index in [1.54, 1.807) is 0 Å². The van der Waals surface area contributed by atoms with Gasteiger partial charge in [0, 0.05) is 12.3 Å². The van der Waals surface area contributed by atoms with Gasteiger partial charge >= 0.3 is 0 Å². The molecule has 0 bridgehead atoms. The van der Waals surface area contributed by atoms with E-state index in [4.69, 9.17) is 12.6 Å². The SMILES string of the molecule is CCCCCCCCCCCCCCCCSC(S)(CN(CC)CC)SCc1ccccc1. The van der Waals surface area contributed by atoms with Crippen molar-refractivity contribution in [3.05, 3.63) is 35.9 Å². The van der Waals surface area contributed by atoms with Crippen LogP contribution in [0.1, 0.15) is 116 Å². The second-order valence-corrected chi connectivity index (χ2v) is 13.7. The fraction of sp³-hybridized carbons (Fsp3) is 0.793. The third-order valence-corrected chi connectivity index (χ3v) is 10.2. The Morgan fingerprint density at radius 1 is 0.667 bits per heavy atom. The van der Waals surface area contributed by atoms with Crippen molar-refractivity contribution in [3.8, 4) is 0 Å². The van der Waals surface area contributed by atoms with Crippen molar-refractivity contribution in [2.45, 2.75) is 120 Å². The minimum atomic E-state index is -0.0294. The van der Waals surface area contributed by atoms with Crippen LogP contribution in [-0.2, 0) is 5.75 Å². The van der Waals surface area contributed by atoms with Crippen molar-refractivity contribution in [1.29, 1.82) is 0 Å². The van der Waals surface area contributed by atoms with E-state index in [1.165, 1.54) is 101 Å². The number of rotatable bonds is 23. The molecule has 33 heavy (non-hydrogen) atoms. The molecule has 0 radical (unpaired) electrons. The molecule has 0 N–H and O–H groups in total. The molecule has 1 aromatic rings. The topological polar surface area (TPSA) is 3.24 Å². The normalized spacial score (nSPS) is 13.5. The van der Waals surface area contributed by atoms with E-state index in [1.807, 2.05) is 11.8 Å². The zero-order valence-electron chi connectivity index (χ0n) is 22.0. The van der Waals surface area contributed by atoms with Crippen molar-refractivity contribution < 1.29 is 0 Å². The zero-order valence-corrected chi connectivity index (χ0v) is 24.6. The van der Waals surface area contributed by atoms with Crippen LogP contribution >= 0.6 is 36.2 Å². The van der Waals surface area contributed by atoms with E-state index in [9.17, 15) is 0 Å². The summed E-state index contributed by atoms with van der Waals surface area (Å²) in [5.74, 6) is 2.27. The van der Waals surface area contributed by atoms with Gasteiger partial charge < -0.3 is 4.90 Å². The lowest BCUT2D eigenvalue weighted by molar-refractivity contribution is 0.314. The van der Waals surface area contributed by atoms with Gasteiger partial charge in [0.15, 0.2) is 0 Å². The van der Waals surface area contributed by atoms with Crippen molar-refractivity contribution in [2.24, 2.45) is 0 Å². The maximum absolute atomic E-state index is 5.20. The fourth-order valence-electron chi connectivity index (χ4n) is 4.16. The van der Waals surface area contributed by atoms with E-state index in [2.05, 4.69) is 67.8 Å². The molecule has 0 aliphatic heterocycles. The highest BCUT2D eigenvalue weighted by Crippen LogP contribution is 2.43. The van der Waals surface area contributed by atoms with Crippen LogP contribution in [0.2, 0.25) is 0 Å². The van der Waals surface area contributed by atoms with E-state index in [0.29, 0.717) is 0 Å². The molecule has 0 aliphatic carbocycles. The van der Waals surface area contributed by atoms with Crippen LogP contribution in [0.4, 0.5) is 0 Å². The molecule has 4 heteroatoms. The van der Waals surface area contributed by atoms with Crippen LogP contribution < -0.4 is 0 Å². The highest BCUT2D eigenvalue weighted by atomic mass is 32.3. The van der Waals surface area contributed by atoms with Gasteiger partial charge in [-0.05, 0) is 30.8 Å². The summed E-state index contributed by atoms with van der Waals surface area (Å²) in [7, 11) is 0. The summed E-state index contributed by atoms with van der Waals surface area (Å²) in [5, 5.41) is 0. The van der Waals surface area contributed by atoms with Gasteiger partial charge in [0.05, 0.1) is 0 Å². The van der Waals surface area contributed by atoms with Crippen LogP contribution in [0.25, 0.3) is 0 Å². The first-order valence-corrected chi connectivity index (χ1v) is 16.3. The minimum absolute atomic E-state index is 0.0294. The van der Waals surface area contributed by atoms with E-state index >= 15 is 0 Å². The smallest absolute Gasteiger partial charge is 0.117 e. The molecule has 1 unspecified atom stereocenters. The molecule has 0 spiro atoms. The molecule has 0 aliphatic rings. The summed E-state index contributed by atoms with van der Waals surface area (Å²) in [4.78, 5) is 2.52. The molecule has 0 saturated carbocycles. The van der Waals surface area contributed by atoms with Gasteiger partial charge in [0.1, 0.15) is 3.41 Å². The van der Waals surface area contributed by atoms with Gasteiger partial charge in [-0.15, -0.1) is 36.2 Å². The second kappa shape index (κ2) is 21.5.